The molecule has 1 aliphatic rings. The first-order chi connectivity index (χ1) is 7.88. The van der Waals surface area contributed by atoms with Crippen molar-refractivity contribution in [3.05, 3.63) is 35.4 Å². The first-order valence-electron chi connectivity index (χ1n) is 5.68. The zero-order valence-corrected chi connectivity index (χ0v) is 10.5. The molecule has 2 rings (SSSR count). The highest BCUT2D eigenvalue weighted by Gasteiger charge is 2.13. The van der Waals surface area contributed by atoms with E-state index < -0.39 is 0 Å². The summed E-state index contributed by atoms with van der Waals surface area (Å²) in [6, 6.07) is 10.2. The number of benzene rings is 1. The van der Waals surface area contributed by atoms with Crippen molar-refractivity contribution in [3.63, 3.8) is 0 Å². The number of nitrogens with zero attached hydrogens (tertiary/aromatic N) is 1. The molecule has 0 bridgehead atoms. The van der Waals surface area contributed by atoms with Gasteiger partial charge in [0, 0.05) is 6.04 Å². The fourth-order valence-electron chi connectivity index (χ4n) is 1.89. The van der Waals surface area contributed by atoms with Crippen LogP contribution in [0.2, 0.25) is 0 Å². The number of hydrogen-bond acceptors (Lipinski definition) is 3. The van der Waals surface area contributed by atoms with Crippen molar-refractivity contribution in [3.8, 4) is 6.07 Å². The average Bonchev–Trinajstić information content (AvgIpc) is 2.83. The number of ether oxygens (including phenoxy) is 1. The smallest absolute Gasteiger partial charge is 0.0991 e. The van der Waals surface area contributed by atoms with Gasteiger partial charge in [0.2, 0.25) is 0 Å². The van der Waals surface area contributed by atoms with Gasteiger partial charge in [-0.1, -0.05) is 12.1 Å². The molecule has 0 unspecified atom stereocenters. The van der Waals surface area contributed by atoms with Gasteiger partial charge in [0.15, 0.2) is 0 Å². The Balaban J connectivity index is 0.00000144. The zero-order valence-electron chi connectivity index (χ0n) is 9.69. The predicted molar refractivity (Wildman–Crippen MR) is 69.1 cm³/mol. The molecule has 1 N–H and O–H groups in total. The molecule has 3 nitrogen and oxygen atoms in total. The minimum atomic E-state index is 0. The Labute approximate surface area is 108 Å². The summed E-state index contributed by atoms with van der Waals surface area (Å²) in [4.78, 5) is 0. The molecule has 0 radical (unpaired) electrons. The standard InChI is InChI=1S/C13H16N2O.ClH/c14-8-11-3-5-12(6-4-11)9-16-10-13-2-1-7-15-13;/h3-6,13,15H,1-2,7,9-10H2;1H/t13-;/m0./s1. The monoisotopic (exact) mass is 252 g/mol. The maximum absolute atomic E-state index is 8.66. The lowest BCUT2D eigenvalue weighted by Gasteiger charge is -2.10. The molecule has 1 aliphatic heterocycles. The van der Waals surface area contributed by atoms with Crippen molar-refractivity contribution < 1.29 is 4.74 Å². The van der Waals surface area contributed by atoms with Crippen LogP contribution in [0, 0.1) is 11.3 Å². The molecule has 0 aromatic heterocycles. The summed E-state index contributed by atoms with van der Waals surface area (Å²) in [5.41, 5.74) is 1.82. The van der Waals surface area contributed by atoms with E-state index in [1.165, 1.54) is 12.8 Å². The van der Waals surface area contributed by atoms with Crippen LogP contribution >= 0.6 is 12.4 Å². The summed E-state index contributed by atoms with van der Waals surface area (Å²) in [6.45, 7) is 2.52. The summed E-state index contributed by atoms with van der Waals surface area (Å²) in [6.07, 6.45) is 2.47. The van der Waals surface area contributed by atoms with E-state index in [4.69, 9.17) is 10.00 Å². The molecule has 17 heavy (non-hydrogen) atoms. The third-order valence-corrected chi connectivity index (χ3v) is 2.83. The minimum absolute atomic E-state index is 0. The van der Waals surface area contributed by atoms with E-state index in [1.54, 1.807) is 0 Å². The molecular weight excluding hydrogens is 236 g/mol. The number of halogens is 1. The van der Waals surface area contributed by atoms with Crippen LogP contribution in [-0.2, 0) is 11.3 Å². The van der Waals surface area contributed by atoms with E-state index in [0.717, 1.165) is 18.7 Å². The van der Waals surface area contributed by atoms with Crippen molar-refractivity contribution in [2.24, 2.45) is 0 Å². The molecule has 0 spiro atoms. The molecule has 0 amide bonds. The Morgan fingerprint density at radius 3 is 2.71 bits per heavy atom. The number of hydrogen-bond donors (Lipinski definition) is 1. The Hall–Kier alpha value is -1.08. The second kappa shape index (κ2) is 7.29. The molecule has 1 aromatic rings. The van der Waals surface area contributed by atoms with Crippen molar-refractivity contribution in [2.75, 3.05) is 13.2 Å². The molecule has 0 saturated carbocycles. The summed E-state index contributed by atoms with van der Waals surface area (Å²) in [7, 11) is 0. The van der Waals surface area contributed by atoms with Crippen LogP contribution in [0.1, 0.15) is 24.0 Å². The third-order valence-electron chi connectivity index (χ3n) is 2.83. The minimum Gasteiger partial charge on any atom is -0.375 e. The van der Waals surface area contributed by atoms with Crippen molar-refractivity contribution >= 4 is 12.4 Å². The number of nitrogens with one attached hydrogen (secondary N) is 1. The predicted octanol–water partition coefficient (Wildman–Crippen LogP) is 2.25. The maximum Gasteiger partial charge on any atom is 0.0991 e. The van der Waals surface area contributed by atoms with Crippen LogP contribution in [0.15, 0.2) is 24.3 Å². The second-order valence-corrected chi connectivity index (χ2v) is 4.12. The molecule has 1 atom stereocenters. The number of nitriles is 1. The highest BCUT2D eigenvalue weighted by atomic mass is 35.5. The Bertz CT molecular complexity index is 366. The molecular formula is C13H17ClN2O. The van der Waals surface area contributed by atoms with E-state index in [-0.39, 0.29) is 12.4 Å². The number of rotatable bonds is 4. The first-order valence-corrected chi connectivity index (χ1v) is 5.68. The third kappa shape index (κ3) is 4.35. The maximum atomic E-state index is 8.66. The summed E-state index contributed by atoms with van der Waals surface area (Å²) in [5, 5.41) is 12.1. The van der Waals surface area contributed by atoms with Gasteiger partial charge in [0.1, 0.15) is 0 Å². The first kappa shape index (κ1) is 14.0. The van der Waals surface area contributed by atoms with Crippen molar-refractivity contribution in [2.45, 2.75) is 25.5 Å². The van der Waals surface area contributed by atoms with Gasteiger partial charge in [-0.25, -0.2) is 0 Å². The van der Waals surface area contributed by atoms with E-state index in [9.17, 15) is 0 Å². The fourth-order valence-corrected chi connectivity index (χ4v) is 1.89. The van der Waals surface area contributed by atoms with E-state index in [2.05, 4.69) is 11.4 Å². The quantitative estimate of drug-likeness (QED) is 0.894. The molecule has 4 heteroatoms. The van der Waals surface area contributed by atoms with E-state index in [0.29, 0.717) is 18.2 Å². The van der Waals surface area contributed by atoms with Gasteiger partial charge in [-0.15, -0.1) is 12.4 Å². The van der Waals surface area contributed by atoms with Crippen molar-refractivity contribution in [1.82, 2.24) is 5.32 Å². The normalized spacial score (nSPS) is 18.4. The zero-order chi connectivity index (χ0) is 11.2. The van der Waals surface area contributed by atoms with Gasteiger partial charge < -0.3 is 10.1 Å². The van der Waals surface area contributed by atoms with Crippen LogP contribution in [0.25, 0.3) is 0 Å². The van der Waals surface area contributed by atoms with Gasteiger partial charge in [0.25, 0.3) is 0 Å². The molecule has 92 valence electrons. The highest BCUT2D eigenvalue weighted by Crippen LogP contribution is 2.08. The highest BCUT2D eigenvalue weighted by molar-refractivity contribution is 5.85. The fraction of sp³-hybridized carbons (Fsp3) is 0.462. The largest absolute Gasteiger partial charge is 0.375 e. The summed E-state index contributed by atoms with van der Waals surface area (Å²) < 4.78 is 5.63. The van der Waals surface area contributed by atoms with Crippen LogP contribution < -0.4 is 5.32 Å². The van der Waals surface area contributed by atoms with Gasteiger partial charge in [-0.05, 0) is 37.1 Å². The molecule has 1 heterocycles. The van der Waals surface area contributed by atoms with Gasteiger partial charge in [-0.3, -0.25) is 0 Å². The molecule has 1 saturated heterocycles. The van der Waals surface area contributed by atoms with Gasteiger partial charge in [-0.2, -0.15) is 5.26 Å². The van der Waals surface area contributed by atoms with Crippen molar-refractivity contribution in [1.29, 1.82) is 5.26 Å². The Morgan fingerprint density at radius 1 is 1.35 bits per heavy atom. The lowest BCUT2D eigenvalue weighted by molar-refractivity contribution is 0.103. The van der Waals surface area contributed by atoms with Gasteiger partial charge >= 0.3 is 0 Å². The Kier molecular flexibility index (Phi) is 5.99. The van der Waals surface area contributed by atoms with Crippen LogP contribution in [0.5, 0.6) is 0 Å². The summed E-state index contributed by atoms with van der Waals surface area (Å²) in [5.74, 6) is 0. The Morgan fingerprint density at radius 2 is 2.12 bits per heavy atom. The lowest BCUT2D eigenvalue weighted by atomic mass is 10.1. The molecule has 1 aromatic carbocycles. The topological polar surface area (TPSA) is 45.0 Å². The van der Waals surface area contributed by atoms with E-state index >= 15 is 0 Å². The molecule has 1 fully saturated rings. The SMILES string of the molecule is Cl.N#Cc1ccc(COC[C@@H]2CCCN2)cc1. The average molecular weight is 253 g/mol. The van der Waals surface area contributed by atoms with Gasteiger partial charge in [0.05, 0.1) is 24.8 Å². The molecule has 0 aliphatic carbocycles. The second-order valence-electron chi connectivity index (χ2n) is 4.12. The van der Waals surface area contributed by atoms with Crippen LogP contribution in [0.3, 0.4) is 0 Å². The lowest BCUT2D eigenvalue weighted by Crippen LogP contribution is -2.26. The van der Waals surface area contributed by atoms with Crippen LogP contribution in [0.4, 0.5) is 0 Å². The van der Waals surface area contributed by atoms with Crippen LogP contribution in [-0.4, -0.2) is 19.2 Å². The summed E-state index contributed by atoms with van der Waals surface area (Å²) >= 11 is 0. The van der Waals surface area contributed by atoms with E-state index in [1.807, 2.05) is 24.3 Å².